The van der Waals surface area contributed by atoms with E-state index in [9.17, 15) is 41.1 Å². The van der Waals surface area contributed by atoms with Gasteiger partial charge in [-0.2, -0.15) is 27.5 Å². The minimum Gasteiger partial charge on any atom is -0.463 e. The van der Waals surface area contributed by atoms with Crippen molar-refractivity contribution in [2.45, 2.75) is 37.6 Å². The summed E-state index contributed by atoms with van der Waals surface area (Å²) in [6.07, 6.45) is -1.86. The molecule has 0 aliphatic carbocycles. The lowest BCUT2D eigenvalue weighted by Crippen LogP contribution is -2.42. The number of hydroxylamine groups is 2. The number of hydrogen-bond donors (Lipinski definition) is 2. The van der Waals surface area contributed by atoms with Gasteiger partial charge in [0.05, 0.1) is 10.9 Å². The molecule has 232 valence electrons. The van der Waals surface area contributed by atoms with Crippen LogP contribution in [-0.2, 0) is 16.4 Å². The number of benzene rings is 2. The van der Waals surface area contributed by atoms with Crippen molar-refractivity contribution in [2.75, 3.05) is 19.9 Å². The summed E-state index contributed by atoms with van der Waals surface area (Å²) in [5, 5.41) is 19.8. The maximum Gasteiger partial charge on any atom is 0.431 e. The summed E-state index contributed by atoms with van der Waals surface area (Å²) in [4.78, 5) is 14.5. The van der Waals surface area contributed by atoms with Crippen LogP contribution in [0.3, 0.4) is 0 Å². The highest BCUT2D eigenvalue weighted by molar-refractivity contribution is 7.89. The molecule has 1 aromatic heterocycles. The molecule has 1 aliphatic heterocycles. The highest BCUT2D eigenvalue weighted by Gasteiger charge is 2.30. The van der Waals surface area contributed by atoms with Crippen LogP contribution in [0.2, 0.25) is 0 Å². The summed E-state index contributed by atoms with van der Waals surface area (Å²) in [6.45, 7) is 3.53. The number of halogens is 4. The fourth-order valence-electron chi connectivity index (χ4n) is 4.28. The maximum atomic E-state index is 13.9. The van der Waals surface area contributed by atoms with Gasteiger partial charge in [-0.3, -0.25) is 5.21 Å². The fourth-order valence-corrected chi connectivity index (χ4v) is 5.91. The Kier molecular flexibility index (Phi) is 9.62. The van der Waals surface area contributed by atoms with Crippen molar-refractivity contribution in [3.05, 3.63) is 71.4 Å². The second kappa shape index (κ2) is 13.0. The van der Waals surface area contributed by atoms with Crippen LogP contribution in [0, 0.1) is 29.3 Å². The average Bonchev–Trinajstić information content (AvgIpc) is 3.44. The zero-order chi connectivity index (χ0) is 31.5. The molecular formula is C27H27F4N3O8S. The normalized spacial score (nSPS) is 13.4. The number of rotatable bonds is 12. The summed E-state index contributed by atoms with van der Waals surface area (Å²) < 4.78 is 97.8. The van der Waals surface area contributed by atoms with Gasteiger partial charge in [0.2, 0.25) is 34.3 Å². The molecule has 0 bridgehead atoms. The van der Waals surface area contributed by atoms with E-state index in [0.717, 1.165) is 0 Å². The van der Waals surface area contributed by atoms with Gasteiger partial charge in [-0.25, -0.2) is 17.6 Å². The molecule has 43 heavy (non-hydrogen) atoms. The van der Waals surface area contributed by atoms with Crippen LogP contribution >= 0.6 is 0 Å². The van der Waals surface area contributed by atoms with Crippen molar-refractivity contribution in [3.8, 4) is 23.1 Å². The molecule has 16 heteroatoms. The second-order valence-corrected chi connectivity index (χ2v) is 11.9. The Balaban J connectivity index is 1.50. The summed E-state index contributed by atoms with van der Waals surface area (Å²) in [5.41, 5.74) is 0.441. The molecule has 1 aliphatic rings. The minimum atomic E-state index is -4.06. The highest BCUT2D eigenvalue weighted by Crippen LogP contribution is 2.35. The van der Waals surface area contributed by atoms with Crippen molar-refractivity contribution in [1.82, 2.24) is 14.4 Å². The first-order valence-corrected chi connectivity index (χ1v) is 14.3. The molecule has 1 amide bonds. The summed E-state index contributed by atoms with van der Waals surface area (Å²) in [5.74, 6) is -8.59. The summed E-state index contributed by atoms with van der Waals surface area (Å²) in [6, 6.07) is 8.41. The van der Waals surface area contributed by atoms with Crippen molar-refractivity contribution in [1.29, 1.82) is 0 Å². The third-order valence-corrected chi connectivity index (χ3v) is 8.23. The SMILES string of the molecule is CC(C)CN(CCC(Cc1ccc(Oc2nc(F)c(F)c(F)c2F)cc1)N(O)C(=O)O)S(=O)(=O)c1ccc2c(c1)OCO2. The Morgan fingerprint density at radius 1 is 1.02 bits per heavy atom. The largest absolute Gasteiger partial charge is 0.463 e. The molecule has 1 unspecified atom stereocenters. The molecule has 2 aromatic carbocycles. The quantitative estimate of drug-likeness (QED) is 0.120. The molecule has 0 spiro atoms. The van der Waals surface area contributed by atoms with Gasteiger partial charge in [-0.15, -0.1) is 0 Å². The number of hydrogen-bond acceptors (Lipinski definition) is 8. The van der Waals surface area contributed by atoms with Crippen molar-refractivity contribution < 1.29 is 55.3 Å². The van der Waals surface area contributed by atoms with E-state index < -0.39 is 51.4 Å². The van der Waals surface area contributed by atoms with Crippen LogP contribution in [0.4, 0.5) is 22.4 Å². The smallest absolute Gasteiger partial charge is 0.431 e. The molecule has 11 nitrogen and oxygen atoms in total. The van der Waals surface area contributed by atoms with E-state index in [-0.39, 0.29) is 60.1 Å². The predicted octanol–water partition coefficient (Wildman–Crippen LogP) is 5.18. The van der Waals surface area contributed by atoms with Crippen LogP contribution in [0.5, 0.6) is 23.1 Å². The third-order valence-electron chi connectivity index (χ3n) is 6.37. The number of nitrogens with zero attached hydrogens (tertiary/aromatic N) is 3. The van der Waals surface area contributed by atoms with Crippen molar-refractivity contribution in [3.63, 3.8) is 0 Å². The standard InChI is InChI=1S/C27H27F4N3O8S/c1-15(2)13-33(43(38,39)19-7-8-20-21(12-19)41-14-40-20)10-9-17(34(37)27(35)36)11-16-3-5-18(6-4-16)42-26-24(30)22(28)23(29)25(31)32-26/h3-8,12,15,17,37H,9-11,13-14H2,1-2H3,(H,35,36). The van der Waals surface area contributed by atoms with Crippen LogP contribution in [0.1, 0.15) is 25.8 Å². The lowest BCUT2D eigenvalue weighted by molar-refractivity contribution is -0.0984. The molecule has 0 saturated heterocycles. The molecule has 0 fully saturated rings. The average molecular weight is 630 g/mol. The van der Waals surface area contributed by atoms with Gasteiger partial charge >= 0.3 is 6.09 Å². The Morgan fingerprint density at radius 3 is 2.35 bits per heavy atom. The van der Waals surface area contributed by atoms with Gasteiger partial charge in [-0.1, -0.05) is 26.0 Å². The lowest BCUT2D eigenvalue weighted by atomic mass is 10.0. The number of fused-ring (bicyclic) bond motifs is 1. The number of pyridine rings is 1. The van der Waals surface area contributed by atoms with E-state index in [1.807, 2.05) is 13.8 Å². The van der Waals surface area contributed by atoms with Crippen LogP contribution < -0.4 is 14.2 Å². The maximum absolute atomic E-state index is 13.9. The molecule has 0 radical (unpaired) electrons. The number of aromatic nitrogens is 1. The first kappa shape index (κ1) is 31.8. The molecule has 0 saturated carbocycles. The number of carboxylic acid groups (broad SMARTS) is 1. The molecule has 2 N–H and O–H groups in total. The zero-order valence-corrected chi connectivity index (χ0v) is 23.7. The van der Waals surface area contributed by atoms with Gasteiger partial charge in [-0.05, 0) is 48.6 Å². The van der Waals surface area contributed by atoms with Gasteiger partial charge in [0, 0.05) is 19.2 Å². The number of ether oxygens (including phenoxy) is 3. The first-order valence-electron chi connectivity index (χ1n) is 12.9. The zero-order valence-electron chi connectivity index (χ0n) is 22.8. The summed E-state index contributed by atoms with van der Waals surface area (Å²) in [7, 11) is -4.06. The van der Waals surface area contributed by atoms with E-state index in [1.54, 1.807) is 0 Å². The van der Waals surface area contributed by atoms with Crippen molar-refractivity contribution in [2.24, 2.45) is 5.92 Å². The monoisotopic (exact) mass is 629 g/mol. The van der Waals surface area contributed by atoms with Crippen LogP contribution in [0.15, 0.2) is 47.4 Å². The van der Waals surface area contributed by atoms with E-state index in [1.165, 1.54) is 46.8 Å². The highest BCUT2D eigenvalue weighted by atomic mass is 32.2. The number of carbonyl (C=O) groups is 1. The minimum absolute atomic E-state index is 0.0397. The predicted molar refractivity (Wildman–Crippen MR) is 141 cm³/mol. The van der Waals surface area contributed by atoms with E-state index in [2.05, 4.69) is 4.98 Å². The Bertz CT molecular complexity index is 1590. The Labute approximate surface area is 243 Å². The number of amides is 1. The Morgan fingerprint density at radius 2 is 1.70 bits per heavy atom. The van der Waals surface area contributed by atoms with Crippen molar-refractivity contribution >= 4 is 16.1 Å². The van der Waals surface area contributed by atoms with Crippen LogP contribution in [-0.4, -0.2) is 65.1 Å². The molecule has 3 aromatic rings. The lowest BCUT2D eigenvalue weighted by Gasteiger charge is -2.28. The van der Waals surface area contributed by atoms with Gasteiger partial charge in [0.1, 0.15) is 5.75 Å². The van der Waals surface area contributed by atoms with Gasteiger partial charge in [0.15, 0.2) is 11.5 Å². The summed E-state index contributed by atoms with van der Waals surface area (Å²) >= 11 is 0. The molecular weight excluding hydrogens is 602 g/mol. The van der Waals surface area contributed by atoms with Crippen LogP contribution in [0.25, 0.3) is 0 Å². The van der Waals surface area contributed by atoms with E-state index in [0.29, 0.717) is 11.3 Å². The fraction of sp³-hybridized carbons (Fsp3) is 0.333. The second-order valence-electron chi connectivity index (χ2n) is 9.94. The molecule has 2 heterocycles. The molecule has 1 atom stereocenters. The number of sulfonamides is 1. The topological polar surface area (TPSA) is 139 Å². The van der Waals surface area contributed by atoms with Gasteiger partial charge < -0.3 is 19.3 Å². The van der Waals surface area contributed by atoms with Gasteiger partial charge in [0.25, 0.3) is 11.8 Å². The Hall–Kier alpha value is -4.15. The van der Waals surface area contributed by atoms with E-state index in [4.69, 9.17) is 14.2 Å². The first-order chi connectivity index (χ1) is 20.3. The van der Waals surface area contributed by atoms with E-state index >= 15 is 0 Å². The molecule has 4 rings (SSSR count). The third kappa shape index (κ3) is 7.26.